The van der Waals surface area contributed by atoms with E-state index in [2.05, 4.69) is 96.3 Å². The minimum Gasteiger partial charge on any atom is -0.366 e. The Hall–Kier alpha value is -2.44. The molecule has 3 aromatic rings. The molecule has 0 aliphatic heterocycles. The van der Waals surface area contributed by atoms with Crippen molar-refractivity contribution in [2.45, 2.75) is 50.6 Å². The standard InChI is InChI=1S/C30H33N2P/c1-4-10-23(11-5-1)22-31-29(32-30-19-24-16-25(20-30)18-26(17-24)21-30)33(27-12-6-2-7-13-27)28-14-8-3-9-15-28/h1-15,24-26H,16-22H2,(H,31,32). The van der Waals surface area contributed by atoms with Crippen LogP contribution in [0.1, 0.15) is 44.1 Å². The van der Waals surface area contributed by atoms with Gasteiger partial charge in [0.2, 0.25) is 0 Å². The van der Waals surface area contributed by atoms with Crippen LogP contribution in [0.4, 0.5) is 0 Å². The van der Waals surface area contributed by atoms with Crippen LogP contribution in [0.25, 0.3) is 0 Å². The molecule has 3 heteroatoms. The molecule has 0 radical (unpaired) electrons. The largest absolute Gasteiger partial charge is 0.366 e. The van der Waals surface area contributed by atoms with E-state index in [1.54, 1.807) is 0 Å². The Labute approximate surface area is 199 Å². The molecular formula is C30H33N2P. The first kappa shape index (κ1) is 21.1. The number of amidine groups is 1. The van der Waals surface area contributed by atoms with Crippen molar-refractivity contribution in [1.29, 1.82) is 0 Å². The number of aliphatic imine (C=N–C) groups is 1. The zero-order valence-corrected chi connectivity index (χ0v) is 20.1. The minimum atomic E-state index is -0.724. The first-order valence-corrected chi connectivity index (χ1v) is 13.9. The molecule has 0 aromatic heterocycles. The van der Waals surface area contributed by atoms with E-state index in [4.69, 9.17) is 4.99 Å². The first-order chi connectivity index (χ1) is 16.3. The van der Waals surface area contributed by atoms with E-state index in [-0.39, 0.29) is 5.54 Å². The van der Waals surface area contributed by atoms with Gasteiger partial charge in [0.25, 0.3) is 0 Å². The number of hydrogen-bond donors (Lipinski definition) is 1. The summed E-state index contributed by atoms with van der Waals surface area (Å²) in [7, 11) is -0.724. The molecule has 0 amide bonds. The molecule has 0 spiro atoms. The summed E-state index contributed by atoms with van der Waals surface area (Å²) >= 11 is 0. The highest BCUT2D eigenvalue weighted by Gasteiger charge is 2.51. The van der Waals surface area contributed by atoms with Crippen LogP contribution in [0, 0.1) is 17.8 Å². The Kier molecular flexibility index (Phi) is 5.80. The molecule has 0 atom stereocenters. The third kappa shape index (κ3) is 4.51. The van der Waals surface area contributed by atoms with Crippen LogP contribution in [-0.2, 0) is 6.54 Å². The molecule has 2 nitrogen and oxygen atoms in total. The summed E-state index contributed by atoms with van der Waals surface area (Å²) in [6.45, 7) is 0.824. The summed E-state index contributed by atoms with van der Waals surface area (Å²) in [6.07, 6.45) is 8.24. The van der Waals surface area contributed by atoms with Gasteiger partial charge in [-0.15, -0.1) is 0 Å². The van der Waals surface area contributed by atoms with Crippen molar-refractivity contribution in [1.82, 2.24) is 5.32 Å². The summed E-state index contributed by atoms with van der Waals surface area (Å²) in [5.74, 6) is 2.69. The molecule has 0 unspecified atom stereocenters. The molecular weight excluding hydrogens is 419 g/mol. The lowest BCUT2D eigenvalue weighted by Gasteiger charge is -2.55. The van der Waals surface area contributed by atoms with Crippen molar-refractivity contribution in [2.24, 2.45) is 22.7 Å². The summed E-state index contributed by atoms with van der Waals surface area (Å²) in [4.78, 5) is 5.77. The predicted molar refractivity (Wildman–Crippen MR) is 141 cm³/mol. The SMILES string of the molecule is c1ccc(CN/C(=N/C23CC4CC(CC(C4)C2)C3)P(c2ccccc2)c2ccccc2)cc1. The maximum Gasteiger partial charge on any atom is 0.129 e. The van der Waals surface area contributed by atoms with Gasteiger partial charge in [-0.2, -0.15) is 0 Å². The molecule has 33 heavy (non-hydrogen) atoms. The maximum atomic E-state index is 5.77. The number of nitrogens with zero attached hydrogens (tertiary/aromatic N) is 1. The van der Waals surface area contributed by atoms with Gasteiger partial charge in [-0.3, -0.25) is 4.99 Å². The second-order valence-electron chi connectivity index (χ2n) is 10.4. The average molecular weight is 453 g/mol. The van der Waals surface area contributed by atoms with Gasteiger partial charge in [-0.05, 0) is 72.5 Å². The molecule has 4 aliphatic rings. The summed E-state index contributed by atoms with van der Waals surface area (Å²) in [5.41, 5.74) is 2.68. The van der Waals surface area contributed by atoms with Gasteiger partial charge in [0.05, 0.1) is 5.54 Å². The predicted octanol–water partition coefficient (Wildman–Crippen LogP) is 6.23. The molecule has 7 rings (SSSR count). The van der Waals surface area contributed by atoms with Crippen LogP contribution in [0.5, 0.6) is 0 Å². The first-order valence-electron chi connectivity index (χ1n) is 12.5. The van der Waals surface area contributed by atoms with Gasteiger partial charge < -0.3 is 5.32 Å². The summed E-state index contributed by atoms with van der Waals surface area (Å²) in [5, 5.41) is 6.64. The van der Waals surface area contributed by atoms with E-state index >= 15 is 0 Å². The van der Waals surface area contributed by atoms with Crippen LogP contribution >= 0.6 is 7.92 Å². The van der Waals surface area contributed by atoms with Crippen molar-refractivity contribution in [2.75, 3.05) is 0 Å². The van der Waals surface area contributed by atoms with E-state index in [1.807, 2.05) is 0 Å². The zero-order chi connectivity index (χ0) is 22.1. The lowest BCUT2D eigenvalue weighted by Crippen LogP contribution is -2.50. The fraction of sp³-hybridized carbons (Fsp3) is 0.367. The maximum absolute atomic E-state index is 5.77. The Bertz CT molecular complexity index is 1020. The Balaban J connectivity index is 1.42. The van der Waals surface area contributed by atoms with Crippen molar-refractivity contribution >= 4 is 24.1 Å². The summed E-state index contributed by atoms with van der Waals surface area (Å²) < 4.78 is 0. The van der Waals surface area contributed by atoms with E-state index < -0.39 is 7.92 Å². The lowest BCUT2D eigenvalue weighted by molar-refractivity contribution is 0.00168. The van der Waals surface area contributed by atoms with Crippen LogP contribution in [0.2, 0.25) is 0 Å². The second-order valence-corrected chi connectivity index (χ2v) is 12.6. The van der Waals surface area contributed by atoms with Crippen LogP contribution < -0.4 is 15.9 Å². The van der Waals surface area contributed by atoms with E-state index in [0.717, 1.165) is 24.3 Å². The monoisotopic (exact) mass is 452 g/mol. The van der Waals surface area contributed by atoms with Gasteiger partial charge in [-0.1, -0.05) is 91.0 Å². The van der Waals surface area contributed by atoms with Crippen molar-refractivity contribution in [3.8, 4) is 0 Å². The number of benzene rings is 3. The van der Waals surface area contributed by atoms with Crippen molar-refractivity contribution in [3.05, 3.63) is 96.6 Å². The Morgan fingerprint density at radius 1 is 0.697 bits per heavy atom. The fourth-order valence-electron chi connectivity index (χ4n) is 6.92. The molecule has 0 saturated heterocycles. The highest BCUT2D eigenvalue weighted by atomic mass is 31.1. The van der Waals surface area contributed by atoms with Gasteiger partial charge in [-0.25, -0.2) is 0 Å². The molecule has 3 aromatic carbocycles. The number of nitrogens with one attached hydrogen (secondary N) is 1. The fourth-order valence-corrected chi connectivity index (χ4v) is 9.20. The van der Waals surface area contributed by atoms with E-state index in [1.165, 1.54) is 60.3 Å². The van der Waals surface area contributed by atoms with Gasteiger partial charge in [0.1, 0.15) is 5.58 Å². The Morgan fingerprint density at radius 2 is 1.15 bits per heavy atom. The topological polar surface area (TPSA) is 24.4 Å². The van der Waals surface area contributed by atoms with E-state index in [0.29, 0.717) is 0 Å². The van der Waals surface area contributed by atoms with Gasteiger partial charge >= 0.3 is 0 Å². The third-order valence-electron chi connectivity index (χ3n) is 7.88. The minimum absolute atomic E-state index is 0.151. The smallest absolute Gasteiger partial charge is 0.129 e. The molecule has 4 fully saturated rings. The second kappa shape index (κ2) is 9.07. The van der Waals surface area contributed by atoms with Crippen LogP contribution in [0.15, 0.2) is 96.0 Å². The van der Waals surface area contributed by atoms with Crippen LogP contribution in [0.3, 0.4) is 0 Å². The Morgan fingerprint density at radius 3 is 1.64 bits per heavy atom. The highest BCUT2D eigenvalue weighted by Crippen LogP contribution is 2.57. The van der Waals surface area contributed by atoms with Gasteiger partial charge in [0.15, 0.2) is 0 Å². The molecule has 4 aliphatic carbocycles. The van der Waals surface area contributed by atoms with Gasteiger partial charge in [0, 0.05) is 14.5 Å². The normalized spacial score (nSPS) is 28.3. The van der Waals surface area contributed by atoms with Crippen molar-refractivity contribution in [3.63, 3.8) is 0 Å². The lowest BCUT2D eigenvalue weighted by atomic mass is 9.53. The average Bonchev–Trinajstić information content (AvgIpc) is 2.84. The highest BCUT2D eigenvalue weighted by molar-refractivity contribution is 7.87. The molecule has 168 valence electrons. The molecule has 4 bridgehead atoms. The zero-order valence-electron chi connectivity index (χ0n) is 19.2. The number of hydrogen-bond acceptors (Lipinski definition) is 1. The van der Waals surface area contributed by atoms with Crippen LogP contribution in [-0.4, -0.2) is 11.1 Å². The third-order valence-corrected chi connectivity index (χ3v) is 10.2. The van der Waals surface area contributed by atoms with E-state index in [9.17, 15) is 0 Å². The quantitative estimate of drug-likeness (QED) is 0.267. The molecule has 0 heterocycles. The van der Waals surface area contributed by atoms with Crippen molar-refractivity contribution < 1.29 is 0 Å². The number of rotatable bonds is 6. The summed E-state index contributed by atoms with van der Waals surface area (Å²) in [6, 6.07) is 32.9. The molecule has 4 saturated carbocycles. The molecule has 1 N–H and O–H groups in total.